The molecule has 2 heterocycles. The first-order valence-corrected chi connectivity index (χ1v) is 12.3. The topological polar surface area (TPSA) is 45.5 Å². The average Bonchev–Trinajstić information content (AvgIpc) is 2.85. The summed E-state index contributed by atoms with van der Waals surface area (Å²) in [6, 6.07) is 18.6. The number of nitrogens with zero attached hydrogens (tertiary/aromatic N) is 1. The Morgan fingerprint density at radius 2 is 1.91 bits per heavy atom. The Hall–Kier alpha value is -3.37. The number of hydrogen-bond acceptors (Lipinski definition) is 4. The molecule has 0 bridgehead atoms. The highest BCUT2D eigenvalue weighted by Crippen LogP contribution is 2.31. The molecular weight excluding hydrogens is 420 g/mol. The second-order valence-electron chi connectivity index (χ2n) is 9.38. The maximum atomic E-state index is 12.2. The number of fused-ring (bicyclic) bond motifs is 1. The molecule has 5 rings (SSSR count). The summed E-state index contributed by atoms with van der Waals surface area (Å²) in [5.41, 5.74) is 6.33. The lowest BCUT2D eigenvalue weighted by molar-refractivity contribution is 0.240. The minimum absolute atomic E-state index is 0.304. The predicted molar refractivity (Wildman–Crippen MR) is 142 cm³/mol. The SMILES string of the molecule is CC1=CCCC(c2ccc3oc(=O)cc(NC4CCN(C/C=C/c5ccccc5)CC4)c3c2)=C1. The third kappa shape index (κ3) is 5.40. The molecule has 0 amide bonds. The number of piperidine rings is 1. The van der Waals surface area contributed by atoms with Gasteiger partial charge in [0, 0.05) is 37.1 Å². The molecule has 2 aliphatic rings. The van der Waals surface area contributed by atoms with Crippen LogP contribution < -0.4 is 10.9 Å². The van der Waals surface area contributed by atoms with Gasteiger partial charge in [0.15, 0.2) is 0 Å². The smallest absolute Gasteiger partial charge is 0.338 e. The van der Waals surface area contributed by atoms with Gasteiger partial charge in [0.25, 0.3) is 0 Å². The molecule has 3 aromatic rings. The third-order valence-corrected chi connectivity index (χ3v) is 6.82. The number of nitrogens with one attached hydrogen (secondary N) is 1. The molecule has 1 N–H and O–H groups in total. The van der Waals surface area contributed by atoms with Gasteiger partial charge in [-0.2, -0.15) is 0 Å². The van der Waals surface area contributed by atoms with Crippen LogP contribution in [0, 0.1) is 0 Å². The van der Waals surface area contributed by atoms with E-state index in [1.165, 1.54) is 22.3 Å². The van der Waals surface area contributed by atoms with Crippen molar-refractivity contribution in [2.75, 3.05) is 25.0 Å². The molecule has 174 valence electrons. The van der Waals surface area contributed by atoms with Crippen LogP contribution in [0.5, 0.6) is 0 Å². The molecule has 0 saturated carbocycles. The van der Waals surface area contributed by atoms with E-state index in [0.29, 0.717) is 11.6 Å². The van der Waals surface area contributed by atoms with Gasteiger partial charge in [-0.1, -0.05) is 66.3 Å². The zero-order valence-electron chi connectivity index (χ0n) is 19.8. The fourth-order valence-electron chi connectivity index (χ4n) is 4.95. The van der Waals surface area contributed by atoms with Crippen molar-refractivity contribution in [2.24, 2.45) is 0 Å². The van der Waals surface area contributed by atoms with Crippen LogP contribution in [0.1, 0.15) is 43.7 Å². The summed E-state index contributed by atoms with van der Waals surface area (Å²) in [4.78, 5) is 14.7. The Balaban J connectivity index is 1.26. The standard InChI is InChI=1S/C30H32N2O2/c1-22-7-5-11-24(19-22)25-12-13-29-27(20-25)28(21-30(33)34-29)31-26-14-17-32(18-15-26)16-6-10-23-8-3-2-4-9-23/h2-4,6-10,12-13,19-21,26,31H,5,11,14-18H2,1H3/b10-6+. The van der Waals surface area contributed by atoms with E-state index < -0.39 is 0 Å². The molecule has 0 spiro atoms. The summed E-state index contributed by atoms with van der Waals surface area (Å²) in [7, 11) is 0. The lowest BCUT2D eigenvalue weighted by Gasteiger charge is -2.32. The highest BCUT2D eigenvalue weighted by molar-refractivity contribution is 5.92. The molecule has 0 atom stereocenters. The molecule has 1 saturated heterocycles. The third-order valence-electron chi connectivity index (χ3n) is 6.82. The van der Waals surface area contributed by atoms with Gasteiger partial charge in [0.1, 0.15) is 5.58 Å². The number of likely N-dealkylation sites (tertiary alicyclic amines) is 1. The van der Waals surface area contributed by atoms with Crippen molar-refractivity contribution in [3.63, 3.8) is 0 Å². The Morgan fingerprint density at radius 3 is 2.71 bits per heavy atom. The van der Waals surface area contributed by atoms with E-state index in [-0.39, 0.29) is 5.63 Å². The molecular formula is C30H32N2O2. The van der Waals surface area contributed by atoms with Crippen LogP contribution in [0.3, 0.4) is 0 Å². The molecule has 2 aromatic carbocycles. The van der Waals surface area contributed by atoms with Gasteiger partial charge in [0.05, 0.1) is 5.69 Å². The first-order valence-electron chi connectivity index (χ1n) is 12.3. The summed E-state index contributed by atoms with van der Waals surface area (Å²) >= 11 is 0. The van der Waals surface area contributed by atoms with Crippen LogP contribution >= 0.6 is 0 Å². The Kier molecular flexibility index (Phi) is 6.77. The van der Waals surface area contributed by atoms with Crippen molar-refractivity contribution in [1.82, 2.24) is 4.90 Å². The minimum Gasteiger partial charge on any atom is -0.423 e. The molecule has 4 nitrogen and oxygen atoms in total. The monoisotopic (exact) mass is 452 g/mol. The summed E-state index contributed by atoms with van der Waals surface area (Å²) < 4.78 is 5.51. The lowest BCUT2D eigenvalue weighted by Crippen LogP contribution is -2.39. The van der Waals surface area contributed by atoms with Crippen molar-refractivity contribution in [2.45, 2.75) is 38.6 Å². The lowest BCUT2D eigenvalue weighted by atomic mass is 9.93. The first kappa shape index (κ1) is 22.4. The van der Waals surface area contributed by atoms with Crippen LogP contribution in [0.4, 0.5) is 5.69 Å². The van der Waals surface area contributed by atoms with Crippen molar-refractivity contribution >= 4 is 28.3 Å². The second-order valence-corrected chi connectivity index (χ2v) is 9.38. The summed E-state index contributed by atoms with van der Waals surface area (Å²) in [6.45, 7) is 5.20. The largest absolute Gasteiger partial charge is 0.423 e. The van der Waals surface area contributed by atoms with E-state index in [2.05, 4.69) is 77.8 Å². The second kappa shape index (κ2) is 10.3. The fraction of sp³-hybridized carbons (Fsp3) is 0.300. The van der Waals surface area contributed by atoms with E-state index in [1.807, 2.05) is 12.1 Å². The van der Waals surface area contributed by atoms with Gasteiger partial charge in [-0.15, -0.1) is 0 Å². The quantitative estimate of drug-likeness (QED) is 0.433. The highest BCUT2D eigenvalue weighted by Gasteiger charge is 2.20. The summed E-state index contributed by atoms with van der Waals surface area (Å²) in [5, 5.41) is 4.66. The Morgan fingerprint density at radius 1 is 1.09 bits per heavy atom. The van der Waals surface area contributed by atoms with Gasteiger partial charge in [-0.05, 0) is 61.4 Å². The van der Waals surface area contributed by atoms with Crippen LogP contribution in [0.2, 0.25) is 0 Å². The first-order chi connectivity index (χ1) is 16.6. The maximum absolute atomic E-state index is 12.2. The zero-order valence-corrected chi connectivity index (χ0v) is 19.8. The van der Waals surface area contributed by atoms with Crippen LogP contribution in [0.25, 0.3) is 22.6 Å². The molecule has 0 unspecified atom stereocenters. The number of allylic oxidation sites excluding steroid dienone is 4. The van der Waals surface area contributed by atoms with E-state index in [9.17, 15) is 4.79 Å². The van der Waals surface area contributed by atoms with Crippen LogP contribution in [0.15, 0.2) is 87.6 Å². The van der Waals surface area contributed by atoms with Gasteiger partial charge in [0.2, 0.25) is 0 Å². The zero-order chi connectivity index (χ0) is 23.3. The van der Waals surface area contributed by atoms with E-state index in [1.54, 1.807) is 6.07 Å². The van der Waals surface area contributed by atoms with Gasteiger partial charge < -0.3 is 9.73 Å². The Bertz CT molecular complexity index is 1290. The fourth-order valence-corrected chi connectivity index (χ4v) is 4.95. The molecule has 1 aliphatic heterocycles. The van der Waals surface area contributed by atoms with Gasteiger partial charge >= 0.3 is 5.63 Å². The molecule has 34 heavy (non-hydrogen) atoms. The van der Waals surface area contributed by atoms with Crippen molar-refractivity contribution in [3.8, 4) is 0 Å². The van der Waals surface area contributed by atoms with Crippen LogP contribution in [-0.2, 0) is 0 Å². The van der Waals surface area contributed by atoms with E-state index >= 15 is 0 Å². The molecule has 0 radical (unpaired) electrons. The number of anilines is 1. The van der Waals surface area contributed by atoms with Crippen molar-refractivity contribution < 1.29 is 4.42 Å². The van der Waals surface area contributed by atoms with E-state index in [4.69, 9.17) is 4.42 Å². The average molecular weight is 453 g/mol. The summed E-state index contributed by atoms with van der Waals surface area (Å²) in [5.74, 6) is 0. The van der Waals surface area contributed by atoms with E-state index in [0.717, 1.165) is 56.4 Å². The normalized spacial score (nSPS) is 17.7. The summed E-state index contributed by atoms with van der Waals surface area (Å²) in [6.07, 6.45) is 13.2. The molecule has 1 aliphatic carbocycles. The predicted octanol–water partition coefficient (Wildman–Crippen LogP) is 6.51. The van der Waals surface area contributed by atoms with Crippen molar-refractivity contribution in [1.29, 1.82) is 0 Å². The molecule has 4 heteroatoms. The number of benzene rings is 2. The highest BCUT2D eigenvalue weighted by atomic mass is 16.4. The van der Waals surface area contributed by atoms with Crippen molar-refractivity contribution in [3.05, 3.63) is 99.9 Å². The molecule has 1 aromatic heterocycles. The van der Waals surface area contributed by atoms with Gasteiger partial charge in [-0.25, -0.2) is 4.79 Å². The number of rotatable bonds is 6. The molecule has 1 fully saturated rings. The maximum Gasteiger partial charge on any atom is 0.338 e. The number of hydrogen-bond donors (Lipinski definition) is 1. The van der Waals surface area contributed by atoms with Crippen LogP contribution in [-0.4, -0.2) is 30.6 Å². The minimum atomic E-state index is -0.304. The Labute approximate surface area is 201 Å². The van der Waals surface area contributed by atoms with Gasteiger partial charge in [-0.3, -0.25) is 4.90 Å².